The molecule has 0 bridgehead atoms. The first-order chi connectivity index (χ1) is 9.22. The fourth-order valence-corrected chi connectivity index (χ4v) is 2.51. The second-order valence-corrected chi connectivity index (χ2v) is 5.86. The number of rotatable bonds is 9. The molecule has 0 saturated carbocycles. The smallest absolute Gasteiger partial charge is 0.220 e. The van der Waals surface area contributed by atoms with Crippen LogP contribution in [-0.2, 0) is 4.79 Å². The molecule has 0 fully saturated rings. The summed E-state index contributed by atoms with van der Waals surface area (Å²) in [5.74, 6) is 1.24. The monoisotopic (exact) mass is 281 g/mol. The van der Waals surface area contributed by atoms with Crippen molar-refractivity contribution >= 4 is 17.7 Å². The Morgan fingerprint density at radius 3 is 2.79 bits per heavy atom. The van der Waals surface area contributed by atoms with Gasteiger partial charge in [0.1, 0.15) is 0 Å². The molecule has 0 radical (unpaired) electrons. The number of aliphatic hydroxyl groups excluding tert-OH is 1. The lowest BCUT2D eigenvalue weighted by Crippen LogP contribution is -2.25. The molecule has 1 amide bonds. The summed E-state index contributed by atoms with van der Waals surface area (Å²) in [6.07, 6.45) is 2.43. The second-order valence-electron chi connectivity index (χ2n) is 4.69. The highest BCUT2D eigenvalue weighted by Gasteiger charge is 2.03. The van der Waals surface area contributed by atoms with Crippen molar-refractivity contribution < 1.29 is 9.90 Å². The average molecular weight is 281 g/mol. The zero-order valence-corrected chi connectivity index (χ0v) is 12.3. The molecular weight excluding hydrogens is 258 g/mol. The van der Waals surface area contributed by atoms with Gasteiger partial charge in [0.05, 0.1) is 0 Å². The highest BCUT2D eigenvalue weighted by atomic mass is 32.2. The summed E-state index contributed by atoms with van der Waals surface area (Å²) in [6, 6.07) is 10.1. The molecule has 0 spiro atoms. The molecule has 3 nitrogen and oxygen atoms in total. The van der Waals surface area contributed by atoms with Crippen LogP contribution in [0.4, 0.5) is 0 Å². The van der Waals surface area contributed by atoms with Gasteiger partial charge in [-0.15, -0.1) is 11.8 Å². The number of hydrogen-bond acceptors (Lipinski definition) is 3. The van der Waals surface area contributed by atoms with E-state index in [2.05, 4.69) is 17.4 Å². The molecule has 1 aromatic carbocycles. The van der Waals surface area contributed by atoms with Crippen LogP contribution in [0.5, 0.6) is 0 Å². The van der Waals surface area contributed by atoms with Gasteiger partial charge in [0.2, 0.25) is 5.91 Å². The molecule has 0 aromatic heterocycles. The quantitative estimate of drug-likeness (QED) is 0.540. The fourth-order valence-electron chi connectivity index (χ4n) is 1.64. The van der Waals surface area contributed by atoms with Crippen molar-refractivity contribution in [2.24, 2.45) is 5.92 Å². The Morgan fingerprint density at radius 1 is 1.37 bits per heavy atom. The van der Waals surface area contributed by atoms with Crippen LogP contribution in [-0.4, -0.2) is 29.9 Å². The molecule has 1 atom stereocenters. The van der Waals surface area contributed by atoms with E-state index in [1.165, 1.54) is 4.90 Å². The third kappa shape index (κ3) is 7.90. The number of amides is 1. The van der Waals surface area contributed by atoms with Crippen LogP contribution in [0.25, 0.3) is 0 Å². The minimum atomic E-state index is 0.111. The first kappa shape index (κ1) is 16.1. The van der Waals surface area contributed by atoms with Crippen molar-refractivity contribution in [3.05, 3.63) is 30.3 Å². The molecule has 0 saturated heterocycles. The Labute approximate surface area is 119 Å². The van der Waals surface area contributed by atoms with E-state index in [9.17, 15) is 4.79 Å². The molecule has 1 aromatic rings. The van der Waals surface area contributed by atoms with Crippen molar-refractivity contribution in [3.63, 3.8) is 0 Å². The maximum absolute atomic E-state index is 11.6. The Balaban J connectivity index is 2.02. The van der Waals surface area contributed by atoms with Crippen LogP contribution in [0.15, 0.2) is 35.2 Å². The summed E-state index contributed by atoms with van der Waals surface area (Å²) in [4.78, 5) is 12.8. The number of carbonyl (C=O) groups excluding carboxylic acids is 1. The molecule has 2 N–H and O–H groups in total. The summed E-state index contributed by atoms with van der Waals surface area (Å²) >= 11 is 1.70. The average Bonchev–Trinajstić information content (AvgIpc) is 2.44. The SMILES string of the molecule is CC(CO)CCCNC(=O)CCSc1ccccc1. The van der Waals surface area contributed by atoms with Crippen molar-refractivity contribution in [3.8, 4) is 0 Å². The molecule has 0 heterocycles. The first-order valence-electron chi connectivity index (χ1n) is 6.77. The van der Waals surface area contributed by atoms with Gasteiger partial charge in [-0.1, -0.05) is 25.1 Å². The van der Waals surface area contributed by atoms with E-state index in [1.807, 2.05) is 25.1 Å². The maximum Gasteiger partial charge on any atom is 0.220 e. The molecule has 4 heteroatoms. The van der Waals surface area contributed by atoms with Crippen molar-refractivity contribution in [2.75, 3.05) is 18.9 Å². The topological polar surface area (TPSA) is 49.3 Å². The standard InChI is InChI=1S/C15H23NO2S/c1-13(12-17)6-5-10-16-15(18)9-11-19-14-7-3-2-4-8-14/h2-4,7-8,13,17H,5-6,9-12H2,1H3,(H,16,18). The first-order valence-corrected chi connectivity index (χ1v) is 7.76. The van der Waals surface area contributed by atoms with Crippen LogP contribution in [0.2, 0.25) is 0 Å². The minimum Gasteiger partial charge on any atom is -0.396 e. The van der Waals surface area contributed by atoms with E-state index < -0.39 is 0 Å². The lowest BCUT2D eigenvalue weighted by molar-refractivity contribution is -0.120. The predicted octanol–water partition coefficient (Wildman–Crippen LogP) is 2.69. The van der Waals surface area contributed by atoms with E-state index in [0.29, 0.717) is 18.9 Å². The third-order valence-corrected chi connectivity index (χ3v) is 3.86. The lowest BCUT2D eigenvalue weighted by Gasteiger charge is -2.08. The number of carbonyl (C=O) groups is 1. The second kappa shape index (κ2) is 9.87. The Bertz CT molecular complexity index is 356. The van der Waals surface area contributed by atoms with Gasteiger partial charge in [-0.05, 0) is 30.9 Å². The maximum atomic E-state index is 11.6. The van der Waals surface area contributed by atoms with Gasteiger partial charge in [-0.3, -0.25) is 4.79 Å². The van der Waals surface area contributed by atoms with Gasteiger partial charge >= 0.3 is 0 Å². The molecule has 0 aliphatic heterocycles. The van der Waals surface area contributed by atoms with Crippen LogP contribution in [0, 0.1) is 5.92 Å². The van der Waals surface area contributed by atoms with Crippen molar-refractivity contribution in [2.45, 2.75) is 31.1 Å². The normalized spacial score (nSPS) is 12.1. The van der Waals surface area contributed by atoms with Crippen molar-refractivity contribution in [1.82, 2.24) is 5.32 Å². The lowest BCUT2D eigenvalue weighted by atomic mass is 10.1. The number of benzene rings is 1. The zero-order chi connectivity index (χ0) is 13.9. The van der Waals surface area contributed by atoms with Crippen LogP contribution < -0.4 is 5.32 Å². The van der Waals surface area contributed by atoms with E-state index >= 15 is 0 Å². The van der Waals surface area contributed by atoms with Gasteiger partial charge in [-0.2, -0.15) is 0 Å². The van der Waals surface area contributed by atoms with Crippen LogP contribution >= 0.6 is 11.8 Å². The number of nitrogens with one attached hydrogen (secondary N) is 1. The zero-order valence-electron chi connectivity index (χ0n) is 11.5. The minimum absolute atomic E-state index is 0.111. The molecule has 1 rings (SSSR count). The van der Waals surface area contributed by atoms with E-state index in [-0.39, 0.29) is 12.5 Å². The molecular formula is C15H23NO2S. The van der Waals surface area contributed by atoms with Gasteiger partial charge in [-0.25, -0.2) is 0 Å². The number of thioether (sulfide) groups is 1. The van der Waals surface area contributed by atoms with Gasteiger partial charge < -0.3 is 10.4 Å². The predicted molar refractivity (Wildman–Crippen MR) is 80.3 cm³/mol. The summed E-state index contributed by atoms with van der Waals surface area (Å²) in [7, 11) is 0. The van der Waals surface area contributed by atoms with Crippen molar-refractivity contribution in [1.29, 1.82) is 0 Å². The molecule has 1 unspecified atom stereocenters. The van der Waals surface area contributed by atoms with E-state index in [4.69, 9.17) is 5.11 Å². The van der Waals surface area contributed by atoms with Gasteiger partial charge in [0.15, 0.2) is 0 Å². The highest BCUT2D eigenvalue weighted by Crippen LogP contribution is 2.17. The largest absolute Gasteiger partial charge is 0.396 e. The molecule has 106 valence electrons. The van der Waals surface area contributed by atoms with E-state index in [1.54, 1.807) is 11.8 Å². The highest BCUT2D eigenvalue weighted by molar-refractivity contribution is 7.99. The van der Waals surface area contributed by atoms with Crippen LogP contribution in [0.1, 0.15) is 26.2 Å². The summed E-state index contributed by atoms with van der Waals surface area (Å²) in [6.45, 7) is 2.94. The van der Waals surface area contributed by atoms with Gasteiger partial charge in [0.25, 0.3) is 0 Å². The summed E-state index contributed by atoms with van der Waals surface area (Å²) in [5.41, 5.74) is 0. The summed E-state index contributed by atoms with van der Waals surface area (Å²) < 4.78 is 0. The van der Waals surface area contributed by atoms with Crippen LogP contribution in [0.3, 0.4) is 0 Å². The Kier molecular flexibility index (Phi) is 8.34. The molecule has 0 aliphatic carbocycles. The Hall–Kier alpha value is -1.00. The third-order valence-electron chi connectivity index (χ3n) is 2.85. The fraction of sp³-hybridized carbons (Fsp3) is 0.533. The molecule has 0 aliphatic rings. The Morgan fingerprint density at radius 2 is 2.11 bits per heavy atom. The van der Waals surface area contributed by atoms with Gasteiger partial charge in [0, 0.05) is 30.2 Å². The number of aliphatic hydroxyl groups is 1. The molecule has 19 heavy (non-hydrogen) atoms. The number of hydrogen-bond donors (Lipinski definition) is 2. The summed E-state index contributed by atoms with van der Waals surface area (Å²) in [5, 5.41) is 11.8. The van der Waals surface area contributed by atoms with E-state index in [0.717, 1.165) is 18.6 Å².